The van der Waals surface area contributed by atoms with E-state index in [0.717, 1.165) is 43.5 Å². The van der Waals surface area contributed by atoms with Crippen LogP contribution in [0.5, 0.6) is 0 Å². The minimum atomic E-state index is 0.290. The minimum Gasteiger partial charge on any atom is -0.380 e. The fourth-order valence-corrected chi connectivity index (χ4v) is 2.67. The summed E-state index contributed by atoms with van der Waals surface area (Å²) in [5.41, 5.74) is 3.75. The molecule has 2 aromatic heterocycles. The van der Waals surface area contributed by atoms with Crippen LogP contribution in [0.15, 0.2) is 24.4 Å². The van der Waals surface area contributed by atoms with E-state index < -0.39 is 0 Å². The van der Waals surface area contributed by atoms with Crippen molar-refractivity contribution in [3.63, 3.8) is 0 Å². The van der Waals surface area contributed by atoms with E-state index in [4.69, 9.17) is 4.74 Å². The number of hydrogen-bond donors (Lipinski definition) is 1. The summed E-state index contributed by atoms with van der Waals surface area (Å²) in [6.45, 7) is 9.91. The SMILES string of the molecule is Cc1nn(-c2ccccn2)c(C)c1CNCC1(C)COC1. The van der Waals surface area contributed by atoms with Crippen LogP contribution in [0.4, 0.5) is 0 Å². The fourth-order valence-electron chi connectivity index (χ4n) is 2.67. The molecule has 1 saturated heterocycles. The molecule has 0 aliphatic carbocycles. The Morgan fingerprint density at radius 1 is 1.33 bits per heavy atom. The number of nitrogens with one attached hydrogen (secondary N) is 1. The molecule has 0 unspecified atom stereocenters. The van der Waals surface area contributed by atoms with E-state index in [-0.39, 0.29) is 0 Å². The third-order valence-corrected chi connectivity index (χ3v) is 4.06. The summed E-state index contributed by atoms with van der Waals surface area (Å²) in [6, 6.07) is 5.87. The van der Waals surface area contributed by atoms with Crippen molar-refractivity contribution in [2.45, 2.75) is 27.3 Å². The molecule has 0 aromatic carbocycles. The van der Waals surface area contributed by atoms with Crippen molar-refractivity contribution in [2.24, 2.45) is 5.41 Å². The van der Waals surface area contributed by atoms with Crippen molar-refractivity contribution in [2.75, 3.05) is 19.8 Å². The summed E-state index contributed by atoms with van der Waals surface area (Å²) in [5.74, 6) is 0.865. The number of rotatable bonds is 5. The predicted molar refractivity (Wildman–Crippen MR) is 81.5 cm³/mol. The zero-order valence-corrected chi connectivity index (χ0v) is 12.9. The molecule has 0 bridgehead atoms. The summed E-state index contributed by atoms with van der Waals surface area (Å²) in [5, 5.41) is 8.16. The molecule has 3 heterocycles. The Bertz CT molecular complexity index is 617. The van der Waals surface area contributed by atoms with Crippen LogP contribution in [0, 0.1) is 19.3 Å². The van der Waals surface area contributed by atoms with Gasteiger partial charge in [0.15, 0.2) is 5.82 Å². The van der Waals surface area contributed by atoms with Crippen LogP contribution >= 0.6 is 0 Å². The molecule has 0 spiro atoms. The topological polar surface area (TPSA) is 52.0 Å². The molecule has 5 nitrogen and oxygen atoms in total. The molecule has 0 saturated carbocycles. The van der Waals surface area contributed by atoms with Gasteiger partial charge in [0.05, 0.1) is 18.9 Å². The number of pyridine rings is 1. The normalized spacial score (nSPS) is 16.7. The van der Waals surface area contributed by atoms with Gasteiger partial charge in [0.2, 0.25) is 0 Å². The van der Waals surface area contributed by atoms with Gasteiger partial charge in [-0.25, -0.2) is 9.67 Å². The van der Waals surface area contributed by atoms with Crippen LogP contribution in [-0.2, 0) is 11.3 Å². The molecule has 1 fully saturated rings. The van der Waals surface area contributed by atoms with Crippen LogP contribution in [-0.4, -0.2) is 34.5 Å². The third kappa shape index (κ3) is 2.84. The minimum absolute atomic E-state index is 0.290. The number of nitrogens with zero attached hydrogens (tertiary/aromatic N) is 3. The van der Waals surface area contributed by atoms with Gasteiger partial charge in [0.1, 0.15) is 0 Å². The third-order valence-electron chi connectivity index (χ3n) is 4.06. The summed E-state index contributed by atoms with van der Waals surface area (Å²) in [7, 11) is 0. The van der Waals surface area contributed by atoms with Crippen molar-refractivity contribution >= 4 is 0 Å². The van der Waals surface area contributed by atoms with E-state index in [0.29, 0.717) is 5.41 Å². The van der Waals surface area contributed by atoms with Crippen molar-refractivity contribution in [3.05, 3.63) is 41.3 Å². The molecule has 2 aromatic rings. The fraction of sp³-hybridized carbons (Fsp3) is 0.500. The molecule has 112 valence electrons. The first kappa shape index (κ1) is 14.2. The van der Waals surface area contributed by atoms with Crippen molar-refractivity contribution in [1.29, 1.82) is 0 Å². The van der Waals surface area contributed by atoms with Gasteiger partial charge in [-0.3, -0.25) is 0 Å². The molecule has 0 radical (unpaired) electrons. The molecule has 5 heteroatoms. The number of hydrogen-bond acceptors (Lipinski definition) is 4. The summed E-state index contributed by atoms with van der Waals surface area (Å²) in [4.78, 5) is 4.37. The monoisotopic (exact) mass is 286 g/mol. The smallest absolute Gasteiger partial charge is 0.153 e. The second kappa shape index (κ2) is 5.58. The maximum absolute atomic E-state index is 5.29. The Morgan fingerprint density at radius 3 is 2.76 bits per heavy atom. The summed E-state index contributed by atoms with van der Waals surface area (Å²) >= 11 is 0. The highest BCUT2D eigenvalue weighted by molar-refractivity contribution is 5.32. The molecule has 3 rings (SSSR count). The number of aryl methyl sites for hydroxylation is 1. The van der Waals surface area contributed by atoms with E-state index in [1.54, 1.807) is 6.20 Å². The van der Waals surface area contributed by atoms with Crippen molar-refractivity contribution in [1.82, 2.24) is 20.1 Å². The van der Waals surface area contributed by atoms with Crippen LogP contribution in [0.25, 0.3) is 5.82 Å². The van der Waals surface area contributed by atoms with Gasteiger partial charge >= 0.3 is 0 Å². The van der Waals surface area contributed by atoms with E-state index in [1.165, 1.54) is 5.56 Å². The van der Waals surface area contributed by atoms with Gasteiger partial charge in [-0.2, -0.15) is 5.10 Å². The molecule has 1 N–H and O–H groups in total. The highest BCUT2D eigenvalue weighted by atomic mass is 16.5. The first-order valence-corrected chi connectivity index (χ1v) is 7.34. The molecule has 0 atom stereocenters. The van der Waals surface area contributed by atoms with Gasteiger partial charge in [0, 0.05) is 36.0 Å². The summed E-state index contributed by atoms with van der Waals surface area (Å²) in [6.07, 6.45) is 1.79. The van der Waals surface area contributed by atoms with E-state index in [9.17, 15) is 0 Å². The van der Waals surface area contributed by atoms with Gasteiger partial charge in [-0.05, 0) is 26.0 Å². The lowest BCUT2D eigenvalue weighted by atomic mass is 9.89. The Hall–Kier alpha value is -1.72. The lowest BCUT2D eigenvalue weighted by Gasteiger charge is -2.38. The molecule has 1 aliphatic rings. The Balaban J connectivity index is 1.72. The quantitative estimate of drug-likeness (QED) is 0.913. The van der Waals surface area contributed by atoms with Gasteiger partial charge in [0.25, 0.3) is 0 Å². The molecule has 0 amide bonds. The van der Waals surface area contributed by atoms with E-state index in [2.05, 4.69) is 36.2 Å². The van der Waals surface area contributed by atoms with E-state index in [1.807, 2.05) is 22.9 Å². The average Bonchev–Trinajstić information content (AvgIpc) is 2.74. The maximum atomic E-state index is 5.29. The van der Waals surface area contributed by atoms with Gasteiger partial charge < -0.3 is 10.1 Å². The van der Waals surface area contributed by atoms with Crippen LogP contribution in [0.2, 0.25) is 0 Å². The van der Waals surface area contributed by atoms with Crippen LogP contribution < -0.4 is 5.32 Å². The predicted octanol–water partition coefficient (Wildman–Crippen LogP) is 2.01. The Morgan fingerprint density at radius 2 is 2.14 bits per heavy atom. The zero-order chi connectivity index (χ0) is 14.9. The molecule has 21 heavy (non-hydrogen) atoms. The van der Waals surface area contributed by atoms with E-state index >= 15 is 0 Å². The molecular formula is C16H22N4O. The van der Waals surface area contributed by atoms with Gasteiger partial charge in [-0.15, -0.1) is 0 Å². The highest BCUT2D eigenvalue weighted by Crippen LogP contribution is 2.25. The first-order chi connectivity index (χ1) is 10.1. The van der Waals surface area contributed by atoms with Gasteiger partial charge in [-0.1, -0.05) is 13.0 Å². The van der Waals surface area contributed by atoms with Crippen LogP contribution in [0.3, 0.4) is 0 Å². The lowest BCUT2D eigenvalue weighted by molar-refractivity contribution is -0.0991. The Kier molecular flexibility index (Phi) is 3.78. The van der Waals surface area contributed by atoms with Crippen molar-refractivity contribution < 1.29 is 4.74 Å². The standard InChI is InChI=1S/C16H22N4O/c1-12-14(8-17-9-16(3)10-21-11-16)13(2)20(19-12)15-6-4-5-7-18-15/h4-7,17H,8-11H2,1-3H3. The summed E-state index contributed by atoms with van der Waals surface area (Å²) < 4.78 is 7.20. The largest absolute Gasteiger partial charge is 0.380 e. The average molecular weight is 286 g/mol. The maximum Gasteiger partial charge on any atom is 0.153 e. The van der Waals surface area contributed by atoms with Crippen LogP contribution in [0.1, 0.15) is 23.9 Å². The lowest BCUT2D eigenvalue weighted by Crippen LogP contribution is -2.47. The second-order valence-electron chi connectivity index (χ2n) is 6.16. The number of ether oxygens (including phenoxy) is 1. The zero-order valence-electron chi connectivity index (χ0n) is 12.9. The second-order valence-corrected chi connectivity index (χ2v) is 6.16. The molecule has 1 aliphatic heterocycles. The molecular weight excluding hydrogens is 264 g/mol. The highest BCUT2D eigenvalue weighted by Gasteiger charge is 2.32. The Labute approximate surface area is 125 Å². The van der Waals surface area contributed by atoms with Crippen molar-refractivity contribution in [3.8, 4) is 5.82 Å². The number of aromatic nitrogens is 3. The first-order valence-electron chi connectivity index (χ1n) is 7.34.